The van der Waals surface area contributed by atoms with Crippen LogP contribution in [0.3, 0.4) is 0 Å². The number of ether oxygens (including phenoxy) is 2. The molecule has 2 aromatic heterocycles. The number of amides is 4. The molecule has 4 amide bonds. The first kappa shape index (κ1) is 53.0. The summed E-state index contributed by atoms with van der Waals surface area (Å²) in [4.78, 5) is 63.0. The summed E-state index contributed by atoms with van der Waals surface area (Å²) in [5, 5.41) is 7.11. The van der Waals surface area contributed by atoms with Gasteiger partial charge in [0.2, 0.25) is 11.9 Å². The Morgan fingerprint density at radius 3 is 1.55 bits per heavy atom. The SMILES string of the molecule is CC(C)(C)OC(=O)N[C@@H]1CCCN(c2nc(C#C[Si](C)(C)C)c(C(N)=O)n2Cc2ccccc2Cl)C1.CC(C)(C)OC(=O)N[C@@H]1CCCN(c2nc(I)c(C(N)=O)n2Cc2ccccc2Cl)C1. The lowest BCUT2D eigenvalue weighted by molar-refractivity contribution is 0.0488. The topological polar surface area (TPSA) is 205 Å². The molecule has 16 nitrogen and oxygen atoms in total. The van der Waals surface area contributed by atoms with Crippen molar-refractivity contribution in [1.29, 1.82) is 0 Å². The van der Waals surface area contributed by atoms with E-state index in [2.05, 4.69) is 56.5 Å². The standard InChI is InChI=1S/C26H36ClN5O3Si.C21H27ClIN5O3/c1-26(2,3)35-25(34)29-19-11-9-14-31(17-19)24-30-21(13-15-36(4,5)6)22(23(28)33)32(24)16-18-10-7-8-12-20(18)27;1-21(2,3)31-20(30)25-14-8-6-10-27(12-14)19-26-17(23)16(18(24)29)28(19)11-13-7-4-5-9-15(13)22/h7-8,10,12,19H,9,11,14,16-17H2,1-6H3,(H2,28,33)(H,29,34);4-5,7,9,14H,6,8,10-12H2,1-3H3,(H2,24,29)(H,25,30)/t19-;14-/m11/s1. The highest BCUT2D eigenvalue weighted by atomic mass is 127. The van der Waals surface area contributed by atoms with Crippen LogP contribution in [0.2, 0.25) is 29.7 Å². The smallest absolute Gasteiger partial charge is 0.407 e. The number of piperidine rings is 2. The minimum Gasteiger partial charge on any atom is -0.444 e. The maximum Gasteiger partial charge on any atom is 0.407 e. The maximum atomic E-state index is 12.7. The van der Waals surface area contributed by atoms with E-state index >= 15 is 0 Å². The van der Waals surface area contributed by atoms with E-state index in [0.717, 1.165) is 43.4 Å². The lowest BCUT2D eigenvalue weighted by Crippen LogP contribution is -2.49. The molecule has 2 aliphatic heterocycles. The van der Waals surface area contributed by atoms with Crippen molar-refractivity contribution >= 4 is 89.8 Å². The van der Waals surface area contributed by atoms with Crippen LogP contribution in [0, 0.1) is 15.2 Å². The van der Waals surface area contributed by atoms with Crippen molar-refractivity contribution in [2.24, 2.45) is 11.5 Å². The summed E-state index contributed by atoms with van der Waals surface area (Å²) >= 11 is 14.8. The van der Waals surface area contributed by atoms with Crippen molar-refractivity contribution in [2.45, 2.75) is 123 Å². The zero-order chi connectivity index (χ0) is 49.4. The van der Waals surface area contributed by atoms with Gasteiger partial charge in [0.05, 0.1) is 13.1 Å². The predicted molar refractivity (Wildman–Crippen MR) is 275 cm³/mol. The lowest BCUT2D eigenvalue weighted by Gasteiger charge is -2.34. The Morgan fingerprint density at radius 2 is 1.15 bits per heavy atom. The third kappa shape index (κ3) is 15.5. The lowest BCUT2D eigenvalue weighted by atomic mass is 10.1. The molecule has 0 spiro atoms. The van der Waals surface area contributed by atoms with Crippen molar-refractivity contribution in [3.8, 4) is 11.5 Å². The van der Waals surface area contributed by atoms with Crippen molar-refractivity contribution in [3.05, 3.63) is 90.5 Å². The molecule has 362 valence electrons. The van der Waals surface area contributed by atoms with Gasteiger partial charge in [-0.3, -0.25) is 9.59 Å². The van der Waals surface area contributed by atoms with Crippen LogP contribution in [0.1, 0.15) is 105 Å². The van der Waals surface area contributed by atoms with Crippen LogP contribution in [0.5, 0.6) is 0 Å². The minimum absolute atomic E-state index is 0.0937. The van der Waals surface area contributed by atoms with Gasteiger partial charge in [0.25, 0.3) is 11.8 Å². The second-order valence-electron chi connectivity index (χ2n) is 19.6. The molecule has 4 heterocycles. The molecular formula is C47H63Cl2IN10O6Si. The second kappa shape index (κ2) is 22.4. The van der Waals surface area contributed by atoms with Gasteiger partial charge in [-0.25, -0.2) is 19.6 Å². The van der Waals surface area contributed by atoms with Crippen LogP contribution in [-0.4, -0.2) is 101 Å². The number of nitrogens with one attached hydrogen (secondary N) is 2. The number of nitrogens with two attached hydrogens (primary N) is 2. The van der Waals surface area contributed by atoms with Gasteiger partial charge < -0.3 is 50.5 Å². The fraction of sp³-hybridized carbons (Fsp3) is 0.489. The van der Waals surface area contributed by atoms with Crippen LogP contribution < -0.4 is 31.9 Å². The van der Waals surface area contributed by atoms with E-state index in [9.17, 15) is 19.2 Å². The van der Waals surface area contributed by atoms with Gasteiger partial charge in [0.1, 0.15) is 40.1 Å². The Kier molecular flexibility index (Phi) is 17.7. The van der Waals surface area contributed by atoms with Crippen LogP contribution in [0.25, 0.3) is 0 Å². The number of anilines is 2. The first-order valence-electron chi connectivity index (χ1n) is 22.2. The number of alkyl carbamates (subject to hydrolysis) is 2. The van der Waals surface area contributed by atoms with E-state index in [1.54, 1.807) is 9.13 Å². The van der Waals surface area contributed by atoms with Crippen LogP contribution in [0.4, 0.5) is 21.5 Å². The van der Waals surface area contributed by atoms with Gasteiger partial charge in [0, 0.05) is 48.3 Å². The highest BCUT2D eigenvalue weighted by Crippen LogP contribution is 2.29. The van der Waals surface area contributed by atoms with Crippen LogP contribution >= 0.6 is 45.8 Å². The Morgan fingerprint density at radius 1 is 0.731 bits per heavy atom. The largest absolute Gasteiger partial charge is 0.444 e. The zero-order valence-electron chi connectivity index (χ0n) is 39.8. The second-order valence-corrected chi connectivity index (χ2v) is 26.2. The number of hydrogen-bond acceptors (Lipinski definition) is 10. The number of carbonyl (C=O) groups excluding carboxylic acids is 4. The molecule has 0 unspecified atom stereocenters. The Hall–Kier alpha value is -4.97. The van der Waals surface area contributed by atoms with Gasteiger partial charge in [-0.05, 0) is 113 Å². The fourth-order valence-electron chi connectivity index (χ4n) is 7.55. The Balaban J connectivity index is 0.000000254. The van der Waals surface area contributed by atoms with E-state index in [1.807, 2.05) is 113 Å². The molecule has 0 radical (unpaired) electrons. The first-order valence-corrected chi connectivity index (χ1v) is 27.6. The number of hydrogen-bond donors (Lipinski definition) is 4. The molecule has 0 saturated carbocycles. The van der Waals surface area contributed by atoms with E-state index in [4.69, 9.17) is 49.1 Å². The number of rotatable bonds is 10. The van der Waals surface area contributed by atoms with Gasteiger partial charge in [0.15, 0.2) is 0 Å². The molecule has 2 atom stereocenters. The van der Waals surface area contributed by atoms with E-state index in [1.165, 1.54) is 0 Å². The average Bonchev–Trinajstić information content (AvgIpc) is 3.74. The molecule has 2 aromatic carbocycles. The van der Waals surface area contributed by atoms with Crippen LogP contribution in [-0.2, 0) is 22.6 Å². The third-order valence-corrected chi connectivity index (χ3v) is 12.7. The third-order valence-electron chi connectivity index (χ3n) is 10.3. The Labute approximate surface area is 418 Å². The number of imidazole rings is 2. The highest BCUT2D eigenvalue weighted by molar-refractivity contribution is 14.1. The molecule has 2 fully saturated rings. The molecule has 2 saturated heterocycles. The molecule has 67 heavy (non-hydrogen) atoms. The number of aromatic nitrogens is 4. The van der Waals surface area contributed by atoms with Crippen LogP contribution in [0.15, 0.2) is 48.5 Å². The molecule has 6 rings (SSSR count). The number of carbonyl (C=O) groups is 4. The van der Waals surface area contributed by atoms with Crippen molar-refractivity contribution < 1.29 is 28.7 Å². The van der Waals surface area contributed by atoms with Gasteiger partial charge >= 0.3 is 12.2 Å². The summed E-state index contributed by atoms with van der Waals surface area (Å²) < 4.78 is 15.0. The number of primary amides is 2. The molecular weight excluding hydrogens is 1030 g/mol. The summed E-state index contributed by atoms with van der Waals surface area (Å²) in [7, 11) is -1.74. The predicted octanol–water partition coefficient (Wildman–Crippen LogP) is 8.19. The van der Waals surface area contributed by atoms with Gasteiger partial charge in [-0.15, -0.1) is 5.54 Å². The molecule has 2 aliphatic rings. The number of halogens is 3. The Bertz CT molecular complexity index is 2500. The molecule has 20 heteroatoms. The average molecular weight is 1090 g/mol. The van der Waals surface area contributed by atoms with Gasteiger partial charge in [-0.2, -0.15) is 0 Å². The maximum absolute atomic E-state index is 12.7. The van der Waals surface area contributed by atoms with Crippen molar-refractivity contribution in [2.75, 3.05) is 36.0 Å². The monoisotopic (exact) mass is 1090 g/mol. The van der Waals surface area contributed by atoms with E-state index in [-0.39, 0.29) is 17.8 Å². The van der Waals surface area contributed by atoms with E-state index < -0.39 is 43.3 Å². The molecule has 0 aliphatic carbocycles. The number of nitrogens with zero attached hydrogens (tertiary/aromatic N) is 6. The highest BCUT2D eigenvalue weighted by Gasteiger charge is 2.32. The van der Waals surface area contributed by atoms with Gasteiger partial charge in [-0.1, -0.05) is 85.2 Å². The quantitative estimate of drug-likeness (QED) is 0.0681. The van der Waals surface area contributed by atoms with Crippen molar-refractivity contribution in [1.82, 2.24) is 29.7 Å². The minimum atomic E-state index is -1.74. The summed E-state index contributed by atoms with van der Waals surface area (Å²) in [6, 6.07) is 14.7. The summed E-state index contributed by atoms with van der Waals surface area (Å²) in [5.74, 6) is 3.21. The van der Waals surface area contributed by atoms with E-state index in [0.29, 0.717) is 69.8 Å². The fourth-order valence-corrected chi connectivity index (χ4v) is 9.21. The summed E-state index contributed by atoms with van der Waals surface area (Å²) in [5.41, 5.74) is 16.4. The normalized spacial score (nSPS) is 16.5. The molecule has 4 aromatic rings. The number of benzene rings is 2. The first-order chi connectivity index (χ1) is 31.3. The molecule has 6 N–H and O–H groups in total. The van der Waals surface area contributed by atoms with Crippen molar-refractivity contribution in [3.63, 3.8) is 0 Å². The zero-order valence-corrected chi connectivity index (χ0v) is 44.4. The molecule has 0 bridgehead atoms. The summed E-state index contributed by atoms with van der Waals surface area (Å²) in [6.07, 6.45) is 2.45. The summed E-state index contributed by atoms with van der Waals surface area (Å²) in [6.45, 7) is 20.6.